The van der Waals surface area contributed by atoms with Crippen molar-refractivity contribution in [2.75, 3.05) is 0 Å². The summed E-state index contributed by atoms with van der Waals surface area (Å²) in [7, 11) is 0. The summed E-state index contributed by atoms with van der Waals surface area (Å²) in [6.07, 6.45) is 10.5. The molecule has 0 atom stereocenters. The van der Waals surface area contributed by atoms with Gasteiger partial charge in [-0.1, -0.05) is 128 Å². The molecule has 0 saturated heterocycles. The second-order valence-corrected chi connectivity index (χ2v) is 28.7. The molecule has 9 aromatic heterocycles. The molecule has 0 aliphatic rings. The molecule has 0 spiro atoms. The number of rotatable bonds is 0. The Balaban J connectivity index is 0.000000530. The molecule has 97 heavy (non-hydrogen) atoms. The lowest BCUT2D eigenvalue weighted by Gasteiger charge is -2.18. The van der Waals surface area contributed by atoms with Crippen LogP contribution in [0.15, 0.2) is 194 Å². The molecule has 3 aromatic carbocycles. The van der Waals surface area contributed by atoms with Crippen LogP contribution in [0, 0.1) is 165 Å². The number of halogens is 1. The summed E-state index contributed by atoms with van der Waals surface area (Å²) >= 11 is 5.49. The summed E-state index contributed by atoms with van der Waals surface area (Å²) in [6, 6.07) is 51.1. The molecule has 0 N–H and O–H groups in total. The predicted molar refractivity (Wildman–Crippen MR) is 419 cm³/mol. The average molecular weight is 1360 g/mol. The van der Waals surface area contributed by atoms with E-state index in [9.17, 15) is 4.39 Å². The van der Waals surface area contributed by atoms with Gasteiger partial charge in [0.05, 0.1) is 17.1 Å². The van der Waals surface area contributed by atoms with Crippen molar-refractivity contribution in [3.05, 3.63) is 332 Å². The number of benzene rings is 3. The minimum Gasteiger partial charge on any atom is -0.261 e. The Morgan fingerprint density at radius 2 is 0.784 bits per heavy atom. The van der Waals surface area contributed by atoms with E-state index >= 15 is 0 Å². The van der Waals surface area contributed by atoms with E-state index in [0.717, 1.165) is 56.9 Å². The minimum atomic E-state index is -0.215. The number of hydrogen-bond acceptors (Lipinski definition) is 12. The molecule has 0 amide bonds. The van der Waals surface area contributed by atoms with Crippen molar-refractivity contribution < 1.29 is 4.39 Å². The molecule has 0 saturated carbocycles. The van der Waals surface area contributed by atoms with Gasteiger partial charge >= 0.3 is 0 Å². The first kappa shape index (κ1) is 86.4. The molecule has 9 heterocycles. The second kappa shape index (κ2) is 48.1. The van der Waals surface area contributed by atoms with Crippen molar-refractivity contribution in [1.82, 2.24) is 44.9 Å². The van der Waals surface area contributed by atoms with E-state index in [4.69, 9.17) is 0 Å². The molecule has 13 heteroatoms. The van der Waals surface area contributed by atoms with Gasteiger partial charge in [-0.15, -0.1) is 34.0 Å². The summed E-state index contributed by atoms with van der Waals surface area (Å²) in [6.45, 7) is 52.8. The van der Waals surface area contributed by atoms with E-state index in [0.29, 0.717) is 5.69 Å². The van der Waals surface area contributed by atoms with Crippen LogP contribution in [-0.4, -0.2) is 44.9 Å². The van der Waals surface area contributed by atoms with Crippen molar-refractivity contribution in [3.8, 4) is 0 Å². The topological polar surface area (TPSA) is 116 Å². The van der Waals surface area contributed by atoms with Gasteiger partial charge in [0.2, 0.25) is 0 Å². The maximum absolute atomic E-state index is 13.2. The molecule has 12 rings (SSSR count). The zero-order valence-electron chi connectivity index (χ0n) is 63.1. The lowest BCUT2D eigenvalue weighted by atomic mass is 9.91. The fourth-order valence-corrected chi connectivity index (χ4v) is 9.87. The van der Waals surface area contributed by atoms with Crippen LogP contribution in [0.25, 0.3) is 0 Å². The maximum atomic E-state index is 13.2. The summed E-state index contributed by atoms with van der Waals surface area (Å²) in [4.78, 5) is 43.3. The number of thiophene rings is 3. The number of pyridine rings is 3. The minimum absolute atomic E-state index is 0.212. The third-order valence-electron chi connectivity index (χ3n) is 13.4. The van der Waals surface area contributed by atoms with Gasteiger partial charge in [0.15, 0.2) is 0 Å². The van der Waals surface area contributed by atoms with Gasteiger partial charge in [0, 0.05) is 94.9 Å². The Kier molecular flexibility index (Phi) is 42.9. The van der Waals surface area contributed by atoms with Gasteiger partial charge in [-0.25, -0.2) is 24.3 Å². The molecular formula is C84H110FN9S3. The Morgan fingerprint density at radius 1 is 0.330 bits per heavy atom. The Hall–Kier alpha value is -8.62. The van der Waals surface area contributed by atoms with Crippen molar-refractivity contribution in [2.45, 2.75) is 185 Å². The average Bonchev–Trinajstić information content (AvgIpc) is 1.53. The lowest BCUT2D eigenvalue weighted by molar-refractivity contribution is 0.501. The van der Waals surface area contributed by atoms with Gasteiger partial charge in [-0.05, 0) is 259 Å². The molecule has 0 bridgehead atoms. The highest BCUT2D eigenvalue weighted by atomic mass is 32.1. The Bertz CT molecular complexity index is 3550. The quantitative estimate of drug-likeness (QED) is 0.146. The highest BCUT2D eigenvalue weighted by molar-refractivity contribution is 7.12. The van der Waals surface area contributed by atoms with Crippen LogP contribution >= 0.6 is 34.0 Å². The normalized spacial score (nSPS) is 9.60. The zero-order chi connectivity index (χ0) is 73.0. The third-order valence-corrected chi connectivity index (χ3v) is 16.2. The largest absolute Gasteiger partial charge is 0.261 e. The molecule has 0 aliphatic carbocycles. The molecule has 0 aliphatic heterocycles. The van der Waals surface area contributed by atoms with Gasteiger partial charge in [0.1, 0.15) is 18.0 Å². The van der Waals surface area contributed by atoms with Crippen molar-refractivity contribution in [2.24, 2.45) is 0 Å². The fourth-order valence-electron chi connectivity index (χ4n) is 7.58. The molecule has 9 nitrogen and oxygen atoms in total. The molecule has 0 fully saturated rings. The van der Waals surface area contributed by atoms with Gasteiger partial charge in [-0.3, -0.25) is 24.9 Å². The van der Waals surface area contributed by atoms with E-state index in [1.807, 2.05) is 162 Å². The van der Waals surface area contributed by atoms with E-state index in [2.05, 4.69) is 243 Å². The van der Waals surface area contributed by atoms with Crippen LogP contribution < -0.4 is 0 Å². The number of aryl methyl sites for hydroxylation is 23. The third kappa shape index (κ3) is 44.0. The summed E-state index contributed by atoms with van der Waals surface area (Å²) in [5, 5.41) is 2.12. The van der Waals surface area contributed by atoms with E-state index < -0.39 is 0 Å². The maximum Gasteiger partial charge on any atom is 0.145 e. The second-order valence-electron chi connectivity index (χ2n) is 24.6. The Morgan fingerprint density at radius 3 is 1.05 bits per heavy atom. The fraction of sp³-hybridized carbons (Fsp3) is 0.321. The van der Waals surface area contributed by atoms with E-state index in [1.54, 1.807) is 42.3 Å². The number of hydrogen-bond donors (Lipinski definition) is 0. The van der Waals surface area contributed by atoms with Crippen molar-refractivity contribution in [3.63, 3.8) is 0 Å². The monoisotopic (exact) mass is 1360 g/mol. The zero-order valence-corrected chi connectivity index (χ0v) is 65.6. The van der Waals surface area contributed by atoms with Crippen molar-refractivity contribution >= 4 is 34.0 Å². The number of nitrogens with zero attached hydrogens (tertiary/aromatic N) is 9. The molecule has 0 unspecified atom stereocenters. The molecule has 516 valence electrons. The Labute approximate surface area is 596 Å². The lowest BCUT2D eigenvalue weighted by Crippen LogP contribution is -2.16. The smallest absolute Gasteiger partial charge is 0.145 e. The standard InChI is InChI=1S/C10H14FN.3C8H10.2C7H9N.3C6H8N2.3C6H8S/c1-7-5-6-8(11)9(12-7)10(2,3)4;1-7-3-5-8(2)6-4-7;1-7-4-3-5-8(2)6-7;1-7-5-3-4-6-8(7)2;1-6-3-4-7(2)8-5-6;1-6-4-3-5-7(2)8-6;1-5-3-7-4-8-6(5)2;1-5-3-7-4-6(2)8-5;1-5-3-4-7-6(2)8-5;1-5-3-4-7-6(5)2;2*1-5-3-4-6(2)7-5/h5-6H,1-4H3;3*3-6H,1-2H3;2*3-5H,1-2H3;3*3-4H,1-2H3;3*3-4H,1-2H3. The van der Waals surface area contributed by atoms with E-state index in [-0.39, 0.29) is 11.2 Å². The number of aromatic nitrogens is 9. The highest BCUT2D eigenvalue weighted by Gasteiger charge is 2.19. The highest BCUT2D eigenvalue weighted by Crippen LogP contribution is 2.23. The summed E-state index contributed by atoms with van der Waals surface area (Å²) < 4.78 is 13.2. The predicted octanol–water partition coefficient (Wildman–Crippen LogP) is 23.5. The molecule has 0 radical (unpaired) electrons. The first-order valence-electron chi connectivity index (χ1n) is 32.5. The van der Waals surface area contributed by atoms with Crippen LogP contribution in [0.4, 0.5) is 4.39 Å². The van der Waals surface area contributed by atoms with Gasteiger partial charge in [0.25, 0.3) is 0 Å². The van der Waals surface area contributed by atoms with Crippen LogP contribution in [0.1, 0.15) is 152 Å². The van der Waals surface area contributed by atoms with Crippen LogP contribution in [0.3, 0.4) is 0 Å². The van der Waals surface area contributed by atoms with Gasteiger partial charge in [-0.2, -0.15) is 0 Å². The van der Waals surface area contributed by atoms with Crippen molar-refractivity contribution in [1.29, 1.82) is 0 Å². The summed E-state index contributed by atoms with van der Waals surface area (Å²) in [5.41, 5.74) is 20.3. The molecule has 12 aromatic rings. The van der Waals surface area contributed by atoms with Crippen LogP contribution in [0.5, 0.6) is 0 Å². The first-order chi connectivity index (χ1) is 45.6. The van der Waals surface area contributed by atoms with Gasteiger partial charge < -0.3 is 0 Å². The SMILES string of the molecule is Cc1ccc(C)cc1.Cc1ccc(C)nc1.Cc1ccc(C)s1.Cc1ccc(C)s1.Cc1ccc(F)c(C(C)(C)C)n1.Cc1cccc(C)c1.Cc1cccc(C)n1.Cc1ccccc1C.Cc1ccnc(C)n1.Cc1ccsc1C.Cc1cncc(C)n1.Cc1cncnc1C. The molecular weight excluding hydrogens is 1250 g/mol. The summed E-state index contributed by atoms with van der Waals surface area (Å²) in [5.74, 6) is 0.623. The van der Waals surface area contributed by atoms with E-state index in [1.165, 1.54) is 75.0 Å². The van der Waals surface area contributed by atoms with Crippen LogP contribution in [-0.2, 0) is 5.41 Å². The first-order valence-corrected chi connectivity index (χ1v) is 35.0. The van der Waals surface area contributed by atoms with Crippen LogP contribution in [0.2, 0.25) is 0 Å².